The van der Waals surface area contributed by atoms with Gasteiger partial charge in [-0.2, -0.15) is 18.2 Å². The molecule has 0 bridgehead atoms. The number of rotatable bonds is 7. The van der Waals surface area contributed by atoms with E-state index in [0.717, 1.165) is 19.0 Å². The molecule has 1 amide bonds. The monoisotopic (exact) mass is 388 g/mol. The van der Waals surface area contributed by atoms with Gasteiger partial charge in [-0.25, -0.2) is 4.39 Å². The Morgan fingerprint density at radius 2 is 2.07 bits per heavy atom. The maximum absolute atomic E-state index is 14.3. The summed E-state index contributed by atoms with van der Waals surface area (Å²) >= 11 is 0. The Morgan fingerprint density at radius 1 is 1.37 bits per heavy atom. The zero-order chi connectivity index (χ0) is 20.2. The summed E-state index contributed by atoms with van der Waals surface area (Å²) in [4.78, 5) is 17.5. The molecule has 6 nitrogen and oxygen atoms in total. The number of benzene rings is 1. The van der Waals surface area contributed by atoms with Crippen LogP contribution in [0.25, 0.3) is 11.4 Å². The van der Waals surface area contributed by atoms with E-state index < -0.39 is 29.6 Å². The molecule has 1 unspecified atom stereocenters. The Labute approximate surface area is 153 Å². The highest BCUT2D eigenvalue weighted by atomic mass is 19.4. The number of alkyl halides is 3. The van der Waals surface area contributed by atoms with Crippen LogP contribution in [-0.4, -0.2) is 47.1 Å². The predicted molar refractivity (Wildman–Crippen MR) is 89.4 cm³/mol. The van der Waals surface area contributed by atoms with Crippen LogP contribution in [0.5, 0.6) is 0 Å². The number of halogens is 4. The highest BCUT2D eigenvalue weighted by molar-refractivity contribution is 5.95. The minimum absolute atomic E-state index is 0.0287. The average Bonchev–Trinajstić information content (AvgIpc) is 3.04. The number of nitrogens with one attached hydrogen (secondary N) is 1. The molecule has 1 aromatic heterocycles. The van der Waals surface area contributed by atoms with Crippen LogP contribution in [0.15, 0.2) is 22.7 Å². The van der Waals surface area contributed by atoms with Crippen molar-refractivity contribution in [3.8, 4) is 11.4 Å². The standard InChI is InChI=1S/C17H20F4N4O2/c1-4-7-25(3)9-10(2)22-15(26)12-6-5-11(8-13(12)18)14-23-16(27-24-14)17(19,20)21/h5-6,8,10H,4,7,9H2,1-3H3,(H,22,26). The first kappa shape index (κ1) is 20.8. The molecule has 2 rings (SSSR count). The number of hydrogen-bond acceptors (Lipinski definition) is 5. The first-order valence-electron chi connectivity index (χ1n) is 8.32. The van der Waals surface area contributed by atoms with Gasteiger partial charge in [-0.15, -0.1) is 0 Å². The van der Waals surface area contributed by atoms with Crippen molar-refractivity contribution >= 4 is 5.91 Å². The van der Waals surface area contributed by atoms with Crippen LogP contribution in [0.4, 0.5) is 17.6 Å². The second kappa shape index (κ2) is 8.47. The third kappa shape index (κ3) is 5.49. The third-order valence-electron chi connectivity index (χ3n) is 3.71. The van der Waals surface area contributed by atoms with Crippen molar-refractivity contribution in [2.75, 3.05) is 20.1 Å². The topological polar surface area (TPSA) is 71.3 Å². The Morgan fingerprint density at radius 3 is 2.63 bits per heavy atom. The van der Waals surface area contributed by atoms with Gasteiger partial charge < -0.3 is 14.7 Å². The van der Waals surface area contributed by atoms with Crippen LogP contribution < -0.4 is 5.32 Å². The van der Waals surface area contributed by atoms with Gasteiger partial charge in [-0.1, -0.05) is 18.1 Å². The first-order chi connectivity index (χ1) is 12.6. The molecule has 1 N–H and O–H groups in total. The maximum atomic E-state index is 14.3. The first-order valence-corrected chi connectivity index (χ1v) is 8.32. The molecule has 0 saturated carbocycles. The van der Waals surface area contributed by atoms with Crippen molar-refractivity contribution in [1.29, 1.82) is 0 Å². The van der Waals surface area contributed by atoms with Gasteiger partial charge in [0, 0.05) is 18.2 Å². The Hall–Kier alpha value is -2.49. The van der Waals surface area contributed by atoms with Gasteiger partial charge in [0.1, 0.15) is 5.82 Å². The lowest BCUT2D eigenvalue weighted by Crippen LogP contribution is -2.41. The van der Waals surface area contributed by atoms with Gasteiger partial charge in [0.2, 0.25) is 5.82 Å². The van der Waals surface area contributed by atoms with Crippen molar-refractivity contribution in [2.45, 2.75) is 32.5 Å². The van der Waals surface area contributed by atoms with E-state index in [9.17, 15) is 22.4 Å². The van der Waals surface area contributed by atoms with Crippen molar-refractivity contribution in [3.63, 3.8) is 0 Å². The van der Waals surface area contributed by atoms with E-state index in [2.05, 4.69) is 20.0 Å². The molecule has 0 aliphatic carbocycles. The number of carbonyl (C=O) groups is 1. The molecular formula is C17H20F4N4O2. The van der Waals surface area contributed by atoms with E-state index in [1.165, 1.54) is 12.1 Å². The van der Waals surface area contributed by atoms with E-state index in [0.29, 0.717) is 6.54 Å². The van der Waals surface area contributed by atoms with Crippen LogP contribution in [0.3, 0.4) is 0 Å². The molecule has 148 valence electrons. The van der Waals surface area contributed by atoms with Gasteiger partial charge >= 0.3 is 12.1 Å². The Kier molecular flexibility index (Phi) is 6.53. The molecule has 1 atom stereocenters. The molecule has 0 radical (unpaired) electrons. The van der Waals surface area contributed by atoms with Gasteiger partial charge in [0.25, 0.3) is 5.91 Å². The van der Waals surface area contributed by atoms with Crippen LogP contribution in [-0.2, 0) is 6.18 Å². The second-order valence-corrected chi connectivity index (χ2v) is 6.25. The summed E-state index contributed by atoms with van der Waals surface area (Å²) < 4.78 is 55.9. The number of amides is 1. The lowest BCUT2D eigenvalue weighted by atomic mass is 10.1. The molecule has 1 aromatic carbocycles. The third-order valence-corrected chi connectivity index (χ3v) is 3.71. The lowest BCUT2D eigenvalue weighted by molar-refractivity contribution is -0.159. The SMILES string of the molecule is CCCN(C)CC(C)NC(=O)c1ccc(-c2noc(C(F)(F)F)n2)cc1F. The molecular weight excluding hydrogens is 368 g/mol. The average molecular weight is 388 g/mol. The molecule has 0 aliphatic heterocycles. The van der Waals surface area contributed by atoms with Crippen molar-refractivity contribution < 1.29 is 26.9 Å². The number of hydrogen-bond donors (Lipinski definition) is 1. The van der Waals surface area contributed by atoms with E-state index in [1.54, 1.807) is 6.92 Å². The van der Waals surface area contributed by atoms with E-state index >= 15 is 0 Å². The number of aromatic nitrogens is 2. The molecule has 1 heterocycles. The van der Waals surface area contributed by atoms with Gasteiger partial charge in [-0.3, -0.25) is 4.79 Å². The number of nitrogens with zero attached hydrogens (tertiary/aromatic N) is 3. The minimum atomic E-state index is -4.79. The number of carbonyl (C=O) groups excluding carboxylic acids is 1. The van der Waals surface area contributed by atoms with Crippen molar-refractivity contribution in [2.24, 2.45) is 0 Å². The Bertz CT molecular complexity index is 791. The van der Waals surface area contributed by atoms with E-state index in [1.807, 2.05) is 18.9 Å². The van der Waals surface area contributed by atoms with Crippen LogP contribution in [0, 0.1) is 5.82 Å². The summed E-state index contributed by atoms with van der Waals surface area (Å²) in [5.74, 6) is -3.44. The van der Waals surface area contributed by atoms with Gasteiger partial charge in [0.05, 0.1) is 5.56 Å². The summed E-state index contributed by atoms with van der Waals surface area (Å²) in [6.45, 7) is 5.31. The largest absolute Gasteiger partial charge is 0.471 e. The fourth-order valence-electron chi connectivity index (χ4n) is 2.58. The maximum Gasteiger partial charge on any atom is 0.471 e. The molecule has 0 aliphatic rings. The Balaban J connectivity index is 2.10. The normalized spacial score (nSPS) is 13.0. The fraction of sp³-hybridized carbons (Fsp3) is 0.471. The van der Waals surface area contributed by atoms with E-state index in [-0.39, 0.29) is 17.2 Å². The van der Waals surface area contributed by atoms with Crippen LogP contribution in [0.1, 0.15) is 36.5 Å². The molecule has 27 heavy (non-hydrogen) atoms. The molecule has 0 spiro atoms. The van der Waals surface area contributed by atoms with Gasteiger partial charge in [0.15, 0.2) is 0 Å². The lowest BCUT2D eigenvalue weighted by Gasteiger charge is -2.21. The fourth-order valence-corrected chi connectivity index (χ4v) is 2.58. The van der Waals surface area contributed by atoms with Crippen LogP contribution in [0.2, 0.25) is 0 Å². The summed E-state index contributed by atoms with van der Waals surface area (Å²) in [6, 6.07) is 3.12. The van der Waals surface area contributed by atoms with E-state index in [4.69, 9.17) is 0 Å². The highest BCUT2D eigenvalue weighted by Gasteiger charge is 2.38. The van der Waals surface area contributed by atoms with Crippen molar-refractivity contribution in [3.05, 3.63) is 35.5 Å². The van der Waals surface area contributed by atoms with Crippen molar-refractivity contribution in [1.82, 2.24) is 20.4 Å². The van der Waals surface area contributed by atoms with Crippen LogP contribution >= 0.6 is 0 Å². The zero-order valence-electron chi connectivity index (χ0n) is 15.1. The summed E-state index contributed by atoms with van der Waals surface area (Å²) in [5.41, 5.74) is -0.248. The smallest absolute Gasteiger partial charge is 0.348 e. The molecule has 0 saturated heterocycles. The molecule has 2 aromatic rings. The predicted octanol–water partition coefficient (Wildman–Crippen LogP) is 3.35. The minimum Gasteiger partial charge on any atom is -0.348 e. The summed E-state index contributed by atoms with van der Waals surface area (Å²) in [7, 11) is 1.92. The molecule has 10 heteroatoms. The highest BCUT2D eigenvalue weighted by Crippen LogP contribution is 2.29. The molecule has 0 fully saturated rings. The number of likely N-dealkylation sites (N-methyl/N-ethyl adjacent to an activating group) is 1. The van der Waals surface area contributed by atoms with Gasteiger partial charge in [-0.05, 0) is 39.1 Å². The quantitative estimate of drug-likeness (QED) is 0.737. The summed E-state index contributed by atoms with van der Waals surface area (Å²) in [6.07, 6.45) is -3.82. The second-order valence-electron chi connectivity index (χ2n) is 6.25. The summed E-state index contributed by atoms with van der Waals surface area (Å²) in [5, 5.41) is 5.88. The zero-order valence-corrected chi connectivity index (χ0v) is 15.1.